The van der Waals surface area contributed by atoms with Crippen LogP contribution in [-0.2, 0) is 6.54 Å². The van der Waals surface area contributed by atoms with Crippen LogP contribution in [0.1, 0.15) is 38.2 Å². The van der Waals surface area contributed by atoms with Gasteiger partial charge in [-0.15, -0.1) is 0 Å². The quantitative estimate of drug-likeness (QED) is 0.767. The fraction of sp³-hybridized carbons (Fsp3) is 0.625. The molecule has 0 saturated heterocycles. The van der Waals surface area contributed by atoms with Gasteiger partial charge in [-0.3, -0.25) is 0 Å². The maximum absolute atomic E-state index is 10.0. The summed E-state index contributed by atoms with van der Waals surface area (Å²) in [5.41, 5.74) is 0.661. The molecule has 0 radical (unpaired) electrons. The highest BCUT2D eigenvalue weighted by Gasteiger charge is 2.33. The SMILES string of the molecule is CCCOc1cc(CNCC2(O)CCC2)ccc1OC. The zero-order valence-electron chi connectivity index (χ0n) is 12.4. The van der Waals surface area contributed by atoms with Gasteiger partial charge in [-0.1, -0.05) is 13.0 Å². The van der Waals surface area contributed by atoms with Gasteiger partial charge in [0, 0.05) is 13.1 Å². The molecule has 2 N–H and O–H groups in total. The predicted molar refractivity (Wildman–Crippen MR) is 79.3 cm³/mol. The lowest BCUT2D eigenvalue weighted by Crippen LogP contribution is -2.45. The largest absolute Gasteiger partial charge is 0.493 e. The van der Waals surface area contributed by atoms with Gasteiger partial charge in [-0.25, -0.2) is 0 Å². The molecule has 0 spiro atoms. The number of benzene rings is 1. The Morgan fingerprint density at radius 3 is 2.70 bits per heavy atom. The van der Waals surface area contributed by atoms with Gasteiger partial charge in [0.2, 0.25) is 0 Å². The smallest absolute Gasteiger partial charge is 0.161 e. The van der Waals surface area contributed by atoms with E-state index < -0.39 is 5.60 Å². The molecule has 2 rings (SSSR count). The van der Waals surface area contributed by atoms with Crippen molar-refractivity contribution in [3.05, 3.63) is 23.8 Å². The topological polar surface area (TPSA) is 50.7 Å². The zero-order chi connectivity index (χ0) is 14.4. The van der Waals surface area contributed by atoms with E-state index in [1.165, 1.54) is 0 Å². The van der Waals surface area contributed by atoms with Crippen LogP contribution in [0, 0.1) is 0 Å². The molecule has 1 aliphatic carbocycles. The Morgan fingerprint density at radius 2 is 2.10 bits per heavy atom. The first-order valence-electron chi connectivity index (χ1n) is 7.40. The number of aliphatic hydroxyl groups is 1. The van der Waals surface area contributed by atoms with Gasteiger partial charge in [0.1, 0.15) is 0 Å². The van der Waals surface area contributed by atoms with Crippen molar-refractivity contribution >= 4 is 0 Å². The summed E-state index contributed by atoms with van der Waals surface area (Å²) < 4.78 is 11.0. The summed E-state index contributed by atoms with van der Waals surface area (Å²) in [6.45, 7) is 4.16. The van der Waals surface area contributed by atoms with E-state index >= 15 is 0 Å². The monoisotopic (exact) mass is 279 g/mol. The standard InChI is InChI=1S/C16H25NO3/c1-3-9-20-15-10-13(5-6-14(15)19-2)11-17-12-16(18)7-4-8-16/h5-6,10,17-18H,3-4,7-9,11-12H2,1-2H3. The van der Waals surface area contributed by atoms with Crippen LogP contribution in [0.15, 0.2) is 18.2 Å². The van der Waals surface area contributed by atoms with Crippen LogP contribution in [0.25, 0.3) is 0 Å². The minimum atomic E-state index is -0.478. The molecule has 0 unspecified atom stereocenters. The Bertz CT molecular complexity index is 430. The maximum atomic E-state index is 10.0. The average molecular weight is 279 g/mol. The van der Waals surface area contributed by atoms with E-state index in [0.717, 1.165) is 49.3 Å². The highest BCUT2D eigenvalue weighted by atomic mass is 16.5. The Kier molecular flexibility index (Phi) is 5.26. The first kappa shape index (κ1) is 15.1. The number of hydrogen-bond acceptors (Lipinski definition) is 4. The summed E-state index contributed by atoms with van der Waals surface area (Å²) in [5, 5.41) is 13.4. The molecule has 0 amide bonds. The number of rotatable bonds is 8. The predicted octanol–water partition coefficient (Wildman–Crippen LogP) is 2.49. The number of ether oxygens (including phenoxy) is 2. The number of methoxy groups -OCH3 is 1. The van der Waals surface area contributed by atoms with Gasteiger partial charge in [0.05, 0.1) is 19.3 Å². The summed E-state index contributed by atoms with van der Waals surface area (Å²) in [7, 11) is 1.65. The number of nitrogens with one attached hydrogen (secondary N) is 1. The second kappa shape index (κ2) is 6.95. The Balaban J connectivity index is 1.90. The lowest BCUT2D eigenvalue weighted by atomic mass is 9.80. The second-order valence-corrected chi connectivity index (χ2v) is 5.52. The second-order valence-electron chi connectivity index (χ2n) is 5.52. The molecule has 0 aliphatic heterocycles. The minimum absolute atomic E-state index is 0.478. The lowest BCUT2D eigenvalue weighted by Gasteiger charge is -2.36. The molecule has 112 valence electrons. The van der Waals surface area contributed by atoms with Crippen molar-refractivity contribution in [1.82, 2.24) is 5.32 Å². The summed E-state index contributed by atoms with van der Waals surface area (Å²) >= 11 is 0. The lowest BCUT2D eigenvalue weighted by molar-refractivity contribution is -0.0314. The van der Waals surface area contributed by atoms with Crippen LogP contribution >= 0.6 is 0 Å². The van der Waals surface area contributed by atoms with Gasteiger partial charge >= 0.3 is 0 Å². The van der Waals surface area contributed by atoms with Crippen molar-refractivity contribution < 1.29 is 14.6 Å². The van der Waals surface area contributed by atoms with E-state index in [1.807, 2.05) is 18.2 Å². The van der Waals surface area contributed by atoms with E-state index in [4.69, 9.17) is 9.47 Å². The third-order valence-corrected chi connectivity index (χ3v) is 3.76. The van der Waals surface area contributed by atoms with Crippen molar-refractivity contribution in [2.75, 3.05) is 20.3 Å². The molecule has 4 nitrogen and oxygen atoms in total. The van der Waals surface area contributed by atoms with Gasteiger partial charge in [-0.2, -0.15) is 0 Å². The van der Waals surface area contributed by atoms with Gasteiger partial charge < -0.3 is 19.9 Å². The van der Waals surface area contributed by atoms with Crippen LogP contribution in [0.4, 0.5) is 0 Å². The first-order valence-corrected chi connectivity index (χ1v) is 7.40. The highest BCUT2D eigenvalue weighted by Crippen LogP contribution is 2.31. The van der Waals surface area contributed by atoms with Crippen molar-refractivity contribution in [3.63, 3.8) is 0 Å². The van der Waals surface area contributed by atoms with E-state index in [-0.39, 0.29) is 0 Å². The first-order chi connectivity index (χ1) is 9.67. The molecule has 1 aromatic rings. The molecular weight excluding hydrogens is 254 g/mol. The third kappa shape index (κ3) is 3.87. The molecular formula is C16H25NO3. The van der Waals surface area contributed by atoms with Crippen LogP contribution in [0.3, 0.4) is 0 Å². The number of hydrogen-bond donors (Lipinski definition) is 2. The summed E-state index contributed by atoms with van der Waals surface area (Å²) in [5.74, 6) is 1.55. The zero-order valence-corrected chi connectivity index (χ0v) is 12.4. The molecule has 1 fully saturated rings. The van der Waals surface area contributed by atoms with E-state index in [9.17, 15) is 5.11 Å². The van der Waals surface area contributed by atoms with E-state index in [0.29, 0.717) is 13.2 Å². The van der Waals surface area contributed by atoms with Crippen LogP contribution < -0.4 is 14.8 Å². The summed E-state index contributed by atoms with van der Waals surface area (Å²) in [6.07, 6.45) is 3.93. The van der Waals surface area contributed by atoms with Crippen molar-refractivity contribution in [2.45, 2.75) is 44.8 Å². The Morgan fingerprint density at radius 1 is 1.30 bits per heavy atom. The molecule has 0 aromatic heterocycles. The van der Waals surface area contributed by atoms with Crippen molar-refractivity contribution in [2.24, 2.45) is 0 Å². The van der Waals surface area contributed by atoms with Crippen LogP contribution in [-0.4, -0.2) is 31.0 Å². The molecule has 1 aliphatic rings. The van der Waals surface area contributed by atoms with Crippen molar-refractivity contribution in [3.8, 4) is 11.5 Å². The Labute approximate surface area is 121 Å². The summed E-state index contributed by atoms with van der Waals surface area (Å²) in [4.78, 5) is 0. The molecule has 1 aromatic carbocycles. The van der Waals surface area contributed by atoms with Crippen LogP contribution in [0.2, 0.25) is 0 Å². The highest BCUT2D eigenvalue weighted by molar-refractivity contribution is 5.42. The van der Waals surface area contributed by atoms with E-state index in [1.54, 1.807) is 7.11 Å². The minimum Gasteiger partial charge on any atom is -0.493 e. The fourth-order valence-corrected chi connectivity index (χ4v) is 2.36. The normalized spacial score (nSPS) is 16.6. The molecule has 1 saturated carbocycles. The van der Waals surface area contributed by atoms with Crippen molar-refractivity contribution in [1.29, 1.82) is 0 Å². The maximum Gasteiger partial charge on any atom is 0.161 e. The molecule has 4 heteroatoms. The third-order valence-electron chi connectivity index (χ3n) is 3.76. The molecule has 0 atom stereocenters. The molecule has 20 heavy (non-hydrogen) atoms. The van der Waals surface area contributed by atoms with Crippen LogP contribution in [0.5, 0.6) is 11.5 Å². The average Bonchev–Trinajstić information content (AvgIpc) is 2.43. The van der Waals surface area contributed by atoms with Gasteiger partial charge in [0.15, 0.2) is 11.5 Å². The summed E-state index contributed by atoms with van der Waals surface area (Å²) in [6, 6.07) is 5.96. The fourth-order valence-electron chi connectivity index (χ4n) is 2.36. The van der Waals surface area contributed by atoms with E-state index in [2.05, 4.69) is 12.2 Å². The van der Waals surface area contributed by atoms with Gasteiger partial charge in [-0.05, 0) is 43.4 Å². The molecule has 0 bridgehead atoms. The molecule has 0 heterocycles. The van der Waals surface area contributed by atoms with Gasteiger partial charge in [0.25, 0.3) is 0 Å². The Hall–Kier alpha value is -1.26.